The van der Waals surface area contributed by atoms with Crippen LogP contribution in [0.2, 0.25) is 5.02 Å². The van der Waals surface area contributed by atoms with Gasteiger partial charge in [-0.05, 0) is 13.1 Å². The smallest absolute Gasteiger partial charge is 0.165 e. The Morgan fingerprint density at radius 3 is 2.63 bits per heavy atom. The first-order valence-electron chi connectivity index (χ1n) is 5.93. The summed E-state index contributed by atoms with van der Waals surface area (Å²) in [5.74, 6) is 1.12. The van der Waals surface area contributed by atoms with Crippen LogP contribution in [0.1, 0.15) is 5.56 Å². The van der Waals surface area contributed by atoms with Crippen LogP contribution in [-0.2, 0) is 11.3 Å². The number of methoxy groups -OCH3 is 2. The lowest BCUT2D eigenvalue weighted by molar-refractivity contribution is 0.0316. The van der Waals surface area contributed by atoms with Gasteiger partial charge in [-0.15, -0.1) is 0 Å². The van der Waals surface area contributed by atoms with Gasteiger partial charge in [0.25, 0.3) is 0 Å². The third kappa shape index (κ3) is 4.87. The zero-order valence-corrected chi connectivity index (χ0v) is 12.2. The van der Waals surface area contributed by atoms with Gasteiger partial charge in [-0.1, -0.05) is 11.6 Å². The number of hydrogen-bond donors (Lipinski definition) is 2. The molecule has 6 heteroatoms. The van der Waals surface area contributed by atoms with E-state index < -0.39 is 6.10 Å². The van der Waals surface area contributed by atoms with Crippen molar-refractivity contribution < 1.29 is 19.3 Å². The number of halogens is 1. The van der Waals surface area contributed by atoms with Gasteiger partial charge in [0, 0.05) is 30.3 Å². The molecule has 0 spiro atoms. The van der Waals surface area contributed by atoms with Crippen LogP contribution in [-0.4, -0.2) is 45.7 Å². The monoisotopic (exact) mass is 289 g/mol. The summed E-state index contributed by atoms with van der Waals surface area (Å²) in [6, 6.07) is 3.48. The van der Waals surface area contributed by atoms with E-state index in [1.165, 1.54) is 7.11 Å². The van der Waals surface area contributed by atoms with Gasteiger partial charge in [-0.25, -0.2) is 0 Å². The second-order valence-corrected chi connectivity index (χ2v) is 4.48. The predicted molar refractivity (Wildman–Crippen MR) is 74.1 cm³/mol. The second kappa shape index (κ2) is 8.22. The van der Waals surface area contributed by atoms with Crippen LogP contribution >= 0.6 is 11.6 Å². The Morgan fingerprint density at radius 1 is 1.32 bits per heavy atom. The lowest BCUT2D eigenvalue weighted by atomic mass is 10.2. The van der Waals surface area contributed by atoms with Crippen molar-refractivity contribution in [2.75, 3.05) is 34.5 Å². The Bertz CT molecular complexity index is 400. The molecule has 2 N–H and O–H groups in total. The Balaban J connectivity index is 2.89. The van der Waals surface area contributed by atoms with Crippen molar-refractivity contribution in [2.45, 2.75) is 12.6 Å². The summed E-state index contributed by atoms with van der Waals surface area (Å²) in [6.45, 7) is 0.937. The van der Waals surface area contributed by atoms with Crippen LogP contribution in [0.5, 0.6) is 11.5 Å². The average molecular weight is 290 g/mol. The molecule has 0 saturated carbocycles. The van der Waals surface area contributed by atoms with Crippen LogP contribution in [0.25, 0.3) is 0 Å². The number of rotatable bonds is 8. The van der Waals surface area contributed by atoms with Crippen molar-refractivity contribution in [1.82, 2.24) is 5.32 Å². The van der Waals surface area contributed by atoms with E-state index in [0.29, 0.717) is 23.1 Å². The molecule has 0 aliphatic carbocycles. The topological polar surface area (TPSA) is 60.0 Å². The van der Waals surface area contributed by atoms with Crippen LogP contribution in [0.3, 0.4) is 0 Å². The average Bonchev–Trinajstić information content (AvgIpc) is 2.37. The molecule has 1 aromatic carbocycles. The third-order valence-corrected chi connectivity index (χ3v) is 2.68. The fraction of sp³-hybridized carbons (Fsp3) is 0.538. The van der Waals surface area contributed by atoms with Crippen LogP contribution in [0, 0.1) is 0 Å². The molecule has 1 rings (SSSR count). The molecule has 0 bridgehead atoms. The summed E-state index contributed by atoms with van der Waals surface area (Å²) in [5.41, 5.74) is 0.872. The highest BCUT2D eigenvalue weighted by atomic mass is 35.5. The van der Waals surface area contributed by atoms with Crippen molar-refractivity contribution in [2.24, 2.45) is 0 Å². The minimum atomic E-state index is -0.687. The van der Waals surface area contributed by atoms with Crippen LogP contribution < -0.4 is 14.8 Å². The van der Waals surface area contributed by atoms with E-state index in [1.807, 2.05) is 7.05 Å². The first kappa shape index (κ1) is 16.0. The maximum absolute atomic E-state index is 9.62. The van der Waals surface area contributed by atoms with Crippen LogP contribution in [0.15, 0.2) is 12.1 Å². The number of hydrogen-bond acceptors (Lipinski definition) is 5. The maximum Gasteiger partial charge on any atom is 0.165 e. The normalized spacial score (nSPS) is 12.3. The molecule has 108 valence electrons. The summed E-state index contributed by atoms with van der Waals surface area (Å²) >= 11 is 6.02. The van der Waals surface area contributed by atoms with Gasteiger partial charge in [-0.3, -0.25) is 0 Å². The molecule has 0 aliphatic rings. The van der Waals surface area contributed by atoms with E-state index in [9.17, 15) is 5.11 Å². The third-order valence-electron chi connectivity index (χ3n) is 2.46. The largest absolute Gasteiger partial charge is 0.493 e. The zero-order chi connectivity index (χ0) is 14.3. The van der Waals surface area contributed by atoms with Gasteiger partial charge >= 0.3 is 0 Å². The van der Waals surface area contributed by atoms with Crippen LogP contribution in [0.4, 0.5) is 0 Å². The second-order valence-electron chi connectivity index (χ2n) is 4.05. The van der Waals surface area contributed by atoms with Gasteiger partial charge in [0.2, 0.25) is 0 Å². The van der Waals surface area contributed by atoms with E-state index in [-0.39, 0.29) is 13.2 Å². The first-order chi connectivity index (χ1) is 9.12. The molecular weight excluding hydrogens is 270 g/mol. The van der Waals surface area contributed by atoms with E-state index in [2.05, 4.69) is 5.32 Å². The molecule has 19 heavy (non-hydrogen) atoms. The maximum atomic E-state index is 9.62. The molecule has 1 aromatic rings. The number of aliphatic hydroxyl groups is 1. The lowest BCUT2D eigenvalue weighted by Gasteiger charge is -2.17. The van der Waals surface area contributed by atoms with E-state index in [1.54, 1.807) is 19.2 Å². The summed E-state index contributed by atoms with van der Waals surface area (Å²) < 4.78 is 15.7. The predicted octanol–water partition coefficient (Wildman–Crippen LogP) is 1.45. The Hall–Kier alpha value is -1.01. The Labute approximate surface area is 118 Å². The molecule has 0 saturated heterocycles. The molecule has 0 aromatic heterocycles. The van der Waals surface area contributed by atoms with Crippen molar-refractivity contribution in [1.29, 1.82) is 0 Å². The molecule has 5 nitrogen and oxygen atoms in total. The van der Waals surface area contributed by atoms with Crippen molar-refractivity contribution in [3.63, 3.8) is 0 Å². The van der Waals surface area contributed by atoms with Gasteiger partial charge < -0.3 is 24.6 Å². The van der Waals surface area contributed by atoms with Gasteiger partial charge in [0.1, 0.15) is 12.7 Å². The highest BCUT2D eigenvalue weighted by Gasteiger charge is 2.14. The molecule has 0 heterocycles. The van der Waals surface area contributed by atoms with E-state index in [4.69, 9.17) is 25.8 Å². The quantitative estimate of drug-likeness (QED) is 0.759. The van der Waals surface area contributed by atoms with E-state index >= 15 is 0 Å². The highest BCUT2D eigenvalue weighted by Crippen LogP contribution is 2.34. The molecule has 0 fully saturated rings. The number of ether oxygens (including phenoxy) is 3. The number of aliphatic hydroxyl groups excluding tert-OH is 1. The minimum Gasteiger partial charge on any atom is -0.493 e. The molecule has 0 radical (unpaired) electrons. The zero-order valence-electron chi connectivity index (χ0n) is 11.4. The fourth-order valence-corrected chi connectivity index (χ4v) is 1.91. The fourth-order valence-electron chi connectivity index (χ4n) is 1.68. The van der Waals surface area contributed by atoms with Gasteiger partial charge in [0.05, 0.1) is 13.7 Å². The Kier molecular flexibility index (Phi) is 6.94. The lowest BCUT2D eigenvalue weighted by Crippen LogP contribution is -2.23. The number of nitrogens with one attached hydrogen (secondary N) is 1. The standard InChI is InChI=1S/C13H20ClNO4/c1-15-6-9-4-10(14)5-12(18-3)13(9)19-8-11(16)7-17-2/h4-5,11,15-16H,6-8H2,1-3H3. The van der Waals surface area contributed by atoms with Crippen molar-refractivity contribution in [3.8, 4) is 11.5 Å². The van der Waals surface area contributed by atoms with Gasteiger partial charge in [0.15, 0.2) is 11.5 Å². The Morgan fingerprint density at radius 2 is 2.05 bits per heavy atom. The van der Waals surface area contributed by atoms with Gasteiger partial charge in [-0.2, -0.15) is 0 Å². The molecule has 1 atom stereocenters. The minimum absolute atomic E-state index is 0.128. The molecule has 0 aliphatic heterocycles. The van der Waals surface area contributed by atoms with Crippen molar-refractivity contribution >= 4 is 11.6 Å². The van der Waals surface area contributed by atoms with E-state index in [0.717, 1.165) is 5.56 Å². The highest BCUT2D eigenvalue weighted by molar-refractivity contribution is 6.30. The SMILES string of the molecule is CNCc1cc(Cl)cc(OC)c1OCC(O)COC. The first-order valence-corrected chi connectivity index (χ1v) is 6.31. The number of benzene rings is 1. The molecular formula is C13H20ClNO4. The summed E-state index contributed by atoms with van der Waals surface area (Å²) in [6.07, 6.45) is -0.687. The summed E-state index contributed by atoms with van der Waals surface area (Å²) in [4.78, 5) is 0. The van der Waals surface area contributed by atoms with Crippen molar-refractivity contribution in [3.05, 3.63) is 22.7 Å². The summed E-state index contributed by atoms with van der Waals surface area (Å²) in [7, 11) is 4.91. The summed E-state index contributed by atoms with van der Waals surface area (Å²) in [5, 5.41) is 13.2. The molecule has 0 amide bonds. The molecule has 1 unspecified atom stereocenters.